The van der Waals surface area contributed by atoms with Crippen LogP contribution in [0, 0.1) is 0 Å². The van der Waals surface area contributed by atoms with Crippen LogP contribution in [-0.4, -0.2) is 0 Å². The molecule has 0 aliphatic rings. The van der Waals surface area contributed by atoms with Crippen LogP contribution < -0.4 is 0 Å². The molecule has 0 amide bonds. The van der Waals surface area contributed by atoms with Gasteiger partial charge in [-0.05, 0) is 100 Å². The Hall–Kier alpha value is -4.94. The molecule has 0 radical (unpaired) electrons. The zero-order valence-corrected chi connectivity index (χ0v) is 20.9. The van der Waals surface area contributed by atoms with E-state index in [0.29, 0.717) is 0 Å². The Kier molecular flexibility index (Phi) is 4.62. The largest absolute Gasteiger partial charge is 0.0616 e. The van der Waals surface area contributed by atoms with Gasteiger partial charge in [0.15, 0.2) is 0 Å². The van der Waals surface area contributed by atoms with Gasteiger partial charge in [0.1, 0.15) is 0 Å². The molecule has 8 aromatic carbocycles. The lowest BCUT2D eigenvalue weighted by atomic mass is 9.83. The lowest BCUT2D eigenvalue weighted by molar-refractivity contribution is 1.67. The van der Waals surface area contributed by atoms with Crippen molar-refractivity contribution < 1.29 is 0 Å². The molecule has 0 aliphatic heterocycles. The van der Waals surface area contributed by atoms with Gasteiger partial charge < -0.3 is 0 Å². The highest BCUT2D eigenvalue weighted by Gasteiger charge is 2.19. The van der Waals surface area contributed by atoms with E-state index in [1.54, 1.807) is 0 Å². The first-order valence-corrected chi connectivity index (χ1v) is 13.2. The fourth-order valence-electron chi connectivity index (χ4n) is 6.26. The Balaban J connectivity index is 1.63. The predicted molar refractivity (Wildman–Crippen MR) is 165 cm³/mol. The zero-order chi connectivity index (χ0) is 25.1. The van der Waals surface area contributed by atoms with Crippen LogP contribution in [0.4, 0.5) is 0 Å². The molecular weight excluding hydrogens is 456 g/mol. The van der Waals surface area contributed by atoms with Crippen molar-refractivity contribution in [3.05, 3.63) is 146 Å². The van der Waals surface area contributed by atoms with Crippen molar-refractivity contribution in [2.75, 3.05) is 0 Å². The van der Waals surface area contributed by atoms with Crippen LogP contribution >= 0.6 is 0 Å². The van der Waals surface area contributed by atoms with E-state index in [2.05, 4.69) is 146 Å². The number of hydrogen-bond acceptors (Lipinski definition) is 0. The molecule has 0 saturated heterocycles. The van der Waals surface area contributed by atoms with Gasteiger partial charge in [-0.1, -0.05) is 121 Å². The van der Waals surface area contributed by atoms with Gasteiger partial charge in [-0.3, -0.25) is 0 Å². The average molecular weight is 481 g/mol. The Morgan fingerprint density at radius 1 is 0.237 bits per heavy atom. The first-order valence-electron chi connectivity index (χ1n) is 13.2. The van der Waals surface area contributed by atoms with E-state index in [1.807, 2.05) is 0 Å². The first-order chi connectivity index (χ1) is 18.8. The molecule has 38 heavy (non-hydrogen) atoms. The molecule has 8 aromatic rings. The minimum atomic E-state index is 1.26. The fourth-order valence-corrected chi connectivity index (χ4v) is 6.26. The lowest BCUT2D eigenvalue weighted by Gasteiger charge is -2.20. The van der Waals surface area contributed by atoms with E-state index in [-0.39, 0.29) is 0 Å². The monoisotopic (exact) mass is 480 g/mol. The van der Waals surface area contributed by atoms with Crippen molar-refractivity contribution in [1.29, 1.82) is 0 Å². The van der Waals surface area contributed by atoms with Crippen molar-refractivity contribution in [2.24, 2.45) is 0 Å². The third-order valence-corrected chi connectivity index (χ3v) is 7.97. The van der Waals surface area contributed by atoms with Crippen molar-refractivity contribution in [3.8, 4) is 22.3 Å². The summed E-state index contributed by atoms with van der Waals surface area (Å²) in [6, 6.07) is 53.5. The van der Waals surface area contributed by atoms with Crippen molar-refractivity contribution >= 4 is 53.9 Å². The summed E-state index contributed by atoms with van der Waals surface area (Å²) in [5.74, 6) is 0. The molecule has 0 saturated carbocycles. The van der Waals surface area contributed by atoms with Gasteiger partial charge in [0.05, 0.1) is 0 Å². The first kappa shape index (κ1) is 21.2. The molecule has 0 spiro atoms. The van der Waals surface area contributed by atoms with E-state index in [9.17, 15) is 0 Å². The summed E-state index contributed by atoms with van der Waals surface area (Å²) >= 11 is 0. The zero-order valence-electron chi connectivity index (χ0n) is 20.9. The smallest absolute Gasteiger partial charge is 0.00204 e. The standard InChI is InChI=1S/C38H24/c1-2-12-26-24-36(38-33-19-9-5-15-29(33)22-30-16-6-10-20-34(30)38)35(23-25(26)11-1)37-31-17-7-3-13-27(31)21-28-14-4-8-18-32(28)37/h1-24H. The van der Waals surface area contributed by atoms with Crippen LogP contribution in [0.25, 0.3) is 76.1 Å². The lowest BCUT2D eigenvalue weighted by Crippen LogP contribution is -1.92. The normalized spacial score (nSPS) is 11.7. The third kappa shape index (κ3) is 3.17. The van der Waals surface area contributed by atoms with Crippen LogP contribution in [0.3, 0.4) is 0 Å². The van der Waals surface area contributed by atoms with Crippen LogP contribution in [0.5, 0.6) is 0 Å². The second-order valence-electron chi connectivity index (χ2n) is 10.1. The van der Waals surface area contributed by atoms with Crippen molar-refractivity contribution in [1.82, 2.24) is 0 Å². The SMILES string of the molecule is c1ccc2cc(-c3c4ccccc4cc4ccccc34)c(-c3c4ccccc4cc4ccccc34)cc2c1. The maximum Gasteiger partial charge on any atom is -0.00204 e. The summed E-state index contributed by atoms with van der Waals surface area (Å²) in [5, 5.41) is 12.7. The summed E-state index contributed by atoms with van der Waals surface area (Å²) in [5.41, 5.74) is 5.16. The van der Waals surface area contributed by atoms with Gasteiger partial charge in [0.2, 0.25) is 0 Å². The topological polar surface area (TPSA) is 0 Å². The van der Waals surface area contributed by atoms with Gasteiger partial charge in [-0.25, -0.2) is 0 Å². The summed E-state index contributed by atoms with van der Waals surface area (Å²) < 4.78 is 0. The molecule has 0 unspecified atom stereocenters. The Morgan fingerprint density at radius 3 is 0.816 bits per heavy atom. The summed E-state index contributed by atoms with van der Waals surface area (Å²) in [6.07, 6.45) is 0. The molecule has 0 atom stereocenters. The van der Waals surface area contributed by atoms with Crippen LogP contribution in [-0.2, 0) is 0 Å². The minimum absolute atomic E-state index is 1.26. The molecule has 0 heteroatoms. The van der Waals surface area contributed by atoms with Crippen LogP contribution in [0.2, 0.25) is 0 Å². The van der Waals surface area contributed by atoms with Gasteiger partial charge >= 0.3 is 0 Å². The molecule has 0 N–H and O–H groups in total. The second-order valence-corrected chi connectivity index (χ2v) is 10.1. The van der Waals surface area contributed by atoms with Gasteiger partial charge in [-0.15, -0.1) is 0 Å². The number of rotatable bonds is 2. The van der Waals surface area contributed by atoms with E-state index in [0.717, 1.165) is 0 Å². The van der Waals surface area contributed by atoms with Crippen LogP contribution in [0.1, 0.15) is 0 Å². The minimum Gasteiger partial charge on any atom is -0.0616 e. The number of hydrogen-bond donors (Lipinski definition) is 0. The van der Waals surface area contributed by atoms with E-state index >= 15 is 0 Å². The molecular formula is C38H24. The molecule has 176 valence electrons. The molecule has 0 nitrogen and oxygen atoms in total. The quantitative estimate of drug-likeness (QED) is 0.216. The highest BCUT2D eigenvalue weighted by atomic mass is 14.2. The molecule has 8 rings (SSSR count). The summed E-state index contributed by atoms with van der Waals surface area (Å²) in [7, 11) is 0. The van der Waals surface area contributed by atoms with Gasteiger partial charge in [-0.2, -0.15) is 0 Å². The Labute approximate surface area is 221 Å². The molecule has 0 bridgehead atoms. The maximum atomic E-state index is 2.41. The predicted octanol–water partition coefficient (Wildman–Crippen LogP) is 10.8. The maximum absolute atomic E-state index is 2.41. The molecule has 0 aromatic heterocycles. The average Bonchev–Trinajstić information content (AvgIpc) is 2.98. The molecule has 0 aliphatic carbocycles. The van der Waals surface area contributed by atoms with Gasteiger partial charge in [0.25, 0.3) is 0 Å². The van der Waals surface area contributed by atoms with E-state index < -0.39 is 0 Å². The molecule has 0 fully saturated rings. The summed E-state index contributed by atoms with van der Waals surface area (Å²) in [4.78, 5) is 0. The summed E-state index contributed by atoms with van der Waals surface area (Å²) in [6.45, 7) is 0. The van der Waals surface area contributed by atoms with Crippen LogP contribution in [0.15, 0.2) is 146 Å². The highest BCUT2D eigenvalue weighted by Crippen LogP contribution is 2.46. The van der Waals surface area contributed by atoms with E-state index in [4.69, 9.17) is 0 Å². The number of benzene rings is 8. The Bertz CT molecular complexity index is 1920. The number of fused-ring (bicyclic) bond motifs is 5. The fraction of sp³-hybridized carbons (Fsp3) is 0. The van der Waals surface area contributed by atoms with Gasteiger partial charge in [0, 0.05) is 0 Å². The third-order valence-electron chi connectivity index (χ3n) is 7.97. The second kappa shape index (κ2) is 8.30. The highest BCUT2D eigenvalue weighted by molar-refractivity contribution is 6.20. The molecule has 0 heterocycles. The Morgan fingerprint density at radius 2 is 0.500 bits per heavy atom. The van der Waals surface area contributed by atoms with Crippen molar-refractivity contribution in [2.45, 2.75) is 0 Å². The van der Waals surface area contributed by atoms with Crippen molar-refractivity contribution in [3.63, 3.8) is 0 Å². The van der Waals surface area contributed by atoms with E-state index in [1.165, 1.54) is 76.1 Å².